The maximum atomic E-state index is 12.5. The molecule has 0 atom stereocenters. The van der Waals surface area contributed by atoms with Gasteiger partial charge in [-0.2, -0.15) is 0 Å². The average Bonchev–Trinajstić information content (AvgIpc) is 2.78. The van der Waals surface area contributed by atoms with Gasteiger partial charge in [0, 0.05) is 38.7 Å². The first kappa shape index (κ1) is 18.1. The van der Waals surface area contributed by atoms with E-state index >= 15 is 0 Å². The van der Waals surface area contributed by atoms with Crippen LogP contribution in [0.1, 0.15) is 18.2 Å². The number of thiophene rings is 1. The van der Waals surface area contributed by atoms with Crippen molar-refractivity contribution in [2.45, 2.75) is 24.8 Å². The lowest BCUT2D eigenvalue weighted by Crippen LogP contribution is -2.28. The number of hydrogen-bond acceptors (Lipinski definition) is 5. The minimum Gasteiger partial charge on any atom is -0.385 e. The van der Waals surface area contributed by atoms with Gasteiger partial charge in [-0.15, -0.1) is 11.3 Å². The Morgan fingerprint density at radius 3 is 2.80 bits per heavy atom. The van der Waals surface area contributed by atoms with Gasteiger partial charge >= 0.3 is 0 Å². The lowest BCUT2D eigenvalue weighted by atomic mass is 10.4. The highest BCUT2D eigenvalue weighted by Gasteiger charge is 2.25. The lowest BCUT2D eigenvalue weighted by Gasteiger charge is -2.16. The van der Waals surface area contributed by atoms with Crippen LogP contribution in [0.25, 0.3) is 0 Å². The molecule has 0 saturated heterocycles. The Morgan fingerprint density at radius 2 is 2.20 bits per heavy atom. The lowest BCUT2D eigenvalue weighted by molar-refractivity contribution is 0.189. The van der Waals surface area contributed by atoms with Crippen LogP contribution in [0.4, 0.5) is 0 Å². The molecule has 0 bridgehead atoms. The average molecular weight is 385 g/mol. The molecule has 8 heteroatoms. The van der Waals surface area contributed by atoms with Crippen LogP contribution in [0.5, 0.6) is 0 Å². The van der Waals surface area contributed by atoms with Gasteiger partial charge in [0.25, 0.3) is 0 Å². The molecular weight excluding hydrogens is 364 g/mol. The topological polar surface area (TPSA) is 58.6 Å². The number of sulfonamides is 1. The number of nitrogens with zero attached hydrogens (tertiary/aromatic N) is 1. The highest BCUT2D eigenvalue weighted by molar-refractivity contribution is 9.11. The van der Waals surface area contributed by atoms with Crippen molar-refractivity contribution in [3.63, 3.8) is 0 Å². The molecular formula is C12H21BrN2O3S2. The molecule has 0 aliphatic rings. The highest BCUT2D eigenvalue weighted by Crippen LogP contribution is 2.33. The second-order valence-electron chi connectivity index (χ2n) is 4.30. The summed E-state index contributed by atoms with van der Waals surface area (Å²) in [6.45, 7) is 4.55. The molecule has 0 aromatic carbocycles. The van der Waals surface area contributed by atoms with Crippen molar-refractivity contribution in [3.8, 4) is 0 Å². The number of halogens is 1. The normalized spacial score (nSPS) is 12.2. The van der Waals surface area contributed by atoms with Gasteiger partial charge in [-0.05, 0) is 35.0 Å². The monoisotopic (exact) mass is 384 g/mol. The molecule has 0 unspecified atom stereocenters. The fourth-order valence-corrected chi connectivity index (χ4v) is 5.44. The number of hydrogen-bond donors (Lipinski definition) is 1. The van der Waals surface area contributed by atoms with Crippen LogP contribution in [-0.4, -0.2) is 46.6 Å². The summed E-state index contributed by atoms with van der Waals surface area (Å²) >= 11 is 4.81. The largest absolute Gasteiger partial charge is 0.385 e. The van der Waals surface area contributed by atoms with E-state index in [1.807, 2.05) is 6.92 Å². The zero-order chi connectivity index (χ0) is 15.2. The number of rotatable bonds is 9. The van der Waals surface area contributed by atoms with Crippen LogP contribution in [0.2, 0.25) is 0 Å². The number of methoxy groups -OCH3 is 1. The fourth-order valence-electron chi connectivity index (χ4n) is 1.63. The van der Waals surface area contributed by atoms with E-state index in [1.54, 1.807) is 20.2 Å². The van der Waals surface area contributed by atoms with E-state index in [2.05, 4.69) is 21.2 Å². The zero-order valence-corrected chi connectivity index (χ0v) is 15.2. The third-order valence-electron chi connectivity index (χ3n) is 2.77. The molecule has 0 amide bonds. The van der Waals surface area contributed by atoms with E-state index in [4.69, 9.17) is 4.74 Å². The Labute approximate surface area is 133 Å². The van der Waals surface area contributed by atoms with E-state index in [0.717, 1.165) is 11.4 Å². The Kier molecular flexibility index (Phi) is 7.63. The van der Waals surface area contributed by atoms with Gasteiger partial charge in [0.1, 0.15) is 4.90 Å². The van der Waals surface area contributed by atoms with Gasteiger partial charge in [-0.1, -0.05) is 6.92 Å². The molecule has 0 aliphatic carbocycles. The van der Waals surface area contributed by atoms with Crippen LogP contribution >= 0.6 is 27.3 Å². The summed E-state index contributed by atoms with van der Waals surface area (Å²) in [6, 6.07) is 1.74. The molecule has 1 rings (SSSR count). The summed E-state index contributed by atoms with van der Waals surface area (Å²) in [4.78, 5) is 1.35. The van der Waals surface area contributed by atoms with Crippen molar-refractivity contribution >= 4 is 37.3 Å². The van der Waals surface area contributed by atoms with Crippen molar-refractivity contribution in [2.75, 3.05) is 33.9 Å². The highest BCUT2D eigenvalue weighted by atomic mass is 79.9. The summed E-state index contributed by atoms with van der Waals surface area (Å²) in [5, 5.41) is 3.19. The summed E-state index contributed by atoms with van der Waals surface area (Å²) in [5.74, 6) is 0. The molecule has 0 aliphatic heterocycles. The molecule has 0 spiro atoms. The summed E-state index contributed by atoms with van der Waals surface area (Å²) in [7, 11) is -0.236. The standard InChI is InChI=1S/C12H21BrN2O3S2/c1-4-14-9-10-8-11(12(13)19-10)20(16,17)15(2)6-5-7-18-3/h8,14H,4-7,9H2,1-3H3. The van der Waals surface area contributed by atoms with Gasteiger partial charge in [0.15, 0.2) is 0 Å². The van der Waals surface area contributed by atoms with Crippen molar-refractivity contribution < 1.29 is 13.2 Å². The predicted molar refractivity (Wildman–Crippen MR) is 85.7 cm³/mol. The fraction of sp³-hybridized carbons (Fsp3) is 0.667. The van der Waals surface area contributed by atoms with Crippen LogP contribution in [0.3, 0.4) is 0 Å². The van der Waals surface area contributed by atoms with Gasteiger partial charge in [-0.3, -0.25) is 0 Å². The van der Waals surface area contributed by atoms with Gasteiger partial charge in [0.2, 0.25) is 10.0 Å². The molecule has 0 radical (unpaired) electrons. The van der Waals surface area contributed by atoms with Crippen molar-refractivity contribution in [3.05, 3.63) is 14.7 Å². The van der Waals surface area contributed by atoms with E-state index in [-0.39, 0.29) is 0 Å². The smallest absolute Gasteiger partial charge is 0.244 e. The van der Waals surface area contributed by atoms with Crippen molar-refractivity contribution in [2.24, 2.45) is 0 Å². The molecule has 0 saturated carbocycles. The van der Waals surface area contributed by atoms with E-state index in [1.165, 1.54) is 15.6 Å². The van der Waals surface area contributed by atoms with Crippen LogP contribution in [0.15, 0.2) is 14.7 Å². The zero-order valence-electron chi connectivity index (χ0n) is 12.0. The molecule has 1 aromatic rings. The van der Waals surface area contributed by atoms with Crippen molar-refractivity contribution in [1.29, 1.82) is 0 Å². The molecule has 0 fully saturated rings. The van der Waals surface area contributed by atoms with Crippen molar-refractivity contribution in [1.82, 2.24) is 9.62 Å². The van der Waals surface area contributed by atoms with Gasteiger partial charge in [-0.25, -0.2) is 12.7 Å². The quantitative estimate of drug-likeness (QED) is 0.663. The van der Waals surface area contributed by atoms with Crippen LogP contribution < -0.4 is 5.32 Å². The second kappa shape index (κ2) is 8.45. The third-order valence-corrected chi connectivity index (χ3v) is 6.87. The maximum absolute atomic E-state index is 12.5. The first-order valence-corrected chi connectivity index (χ1v) is 9.42. The van der Waals surface area contributed by atoms with Gasteiger partial charge in [0.05, 0.1) is 3.79 Å². The Hall–Kier alpha value is 0.01000. The number of ether oxygens (including phenoxy) is 1. The minimum absolute atomic E-state index is 0.343. The Bertz CT molecular complexity index is 517. The first-order chi connectivity index (χ1) is 9.43. The number of nitrogens with one attached hydrogen (secondary N) is 1. The second-order valence-corrected chi connectivity index (χ2v) is 8.77. The maximum Gasteiger partial charge on any atom is 0.244 e. The third kappa shape index (κ3) is 4.78. The predicted octanol–water partition coefficient (Wildman–Crippen LogP) is 2.28. The molecule has 116 valence electrons. The Morgan fingerprint density at radius 1 is 1.50 bits per heavy atom. The SMILES string of the molecule is CCNCc1cc(S(=O)(=O)N(C)CCCOC)c(Br)s1. The summed E-state index contributed by atoms with van der Waals surface area (Å²) in [5.41, 5.74) is 0. The van der Waals surface area contributed by atoms with E-state index in [0.29, 0.717) is 34.8 Å². The minimum atomic E-state index is -3.44. The summed E-state index contributed by atoms with van der Waals surface area (Å²) in [6.07, 6.45) is 0.679. The molecule has 1 aromatic heterocycles. The Balaban J connectivity index is 2.83. The van der Waals surface area contributed by atoms with E-state index in [9.17, 15) is 8.42 Å². The van der Waals surface area contributed by atoms with E-state index < -0.39 is 10.0 Å². The molecule has 1 heterocycles. The first-order valence-electron chi connectivity index (χ1n) is 6.37. The van der Waals surface area contributed by atoms with Crippen LogP contribution in [-0.2, 0) is 21.3 Å². The van der Waals surface area contributed by atoms with Gasteiger partial charge < -0.3 is 10.1 Å². The molecule has 20 heavy (non-hydrogen) atoms. The van der Waals surface area contributed by atoms with Crippen LogP contribution in [0, 0.1) is 0 Å². The molecule has 5 nitrogen and oxygen atoms in total. The summed E-state index contributed by atoms with van der Waals surface area (Å²) < 4.78 is 31.9. The molecule has 1 N–H and O–H groups in total.